The van der Waals surface area contributed by atoms with E-state index in [2.05, 4.69) is 0 Å². The van der Waals surface area contributed by atoms with Gasteiger partial charge in [-0.05, 0) is 20.2 Å². The van der Waals surface area contributed by atoms with Crippen molar-refractivity contribution in [2.75, 3.05) is 20.7 Å². The predicted molar refractivity (Wildman–Crippen MR) is 112 cm³/mol. The zero-order valence-corrected chi connectivity index (χ0v) is 18.1. The quantitative estimate of drug-likeness (QED) is 0.217. The van der Waals surface area contributed by atoms with Crippen LogP contribution in [-0.2, 0) is 15.2 Å². The third kappa shape index (κ3) is 2.62. The largest absolute Gasteiger partial charge is 0.510 e. The highest BCUT2D eigenvalue weighted by atomic mass is 16.4. The number of carbonyl (C=O) groups excluding carboxylic acids is 3. The maximum atomic E-state index is 13.4. The summed E-state index contributed by atoms with van der Waals surface area (Å²) in [5, 5.41) is 76.8. The number of rotatable bonds is 3. The van der Waals surface area contributed by atoms with Gasteiger partial charge in [-0.3, -0.25) is 19.3 Å². The molecule has 1 unspecified atom stereocenters. The molecular formula is C22H24N2O10. The van der Waals surface area contributed by atoms with Crippen molar-refractivity contribution in [1.82, 2.24) is 4.90 Å². The van der Waals surface area contributed by atoms with Gasteiger partial charge < -0.3 is 41.5 Å². The number of carbonyl (C=O) groups is 3. The Morgan fingerprint density at radius 2 is 1.76 bits per heavy atom. The van der Waals surface area contributed by atoms with Crippen LogP contribution in [0.5, 0.6) is 5.75 Å². The number of likely N-dealkylation sites (N-methyl/N-ethyl adjacent to an activating group) is 1. The molecule has 0 saturated heterocycles. The summed E-state index contributed by atoms with van der Waals surface area (Å²) in [7, 11) is 2.77. The molecule has 0 bridgehead atoms. The van der Waals surface area contributed by atoms with Gasteiger partial charge in [0.05, 0.1) is 41.7 Å². The number of benzene rings is 1. The molecule has 0 saturated carbocycles. The maximum Gasteiger partial charge on any atom is 0.255 e. The number of hydrogen-bond donors (Lipinski definition) is 8. The van der Waals surface area contributed by atoms with E-state index in [1.54, 1.807) is 0 Å². The van der Waals surface area contributed by atoms with Crippen molar-refractivity contribution in [2.45, 2.75) is 23.3 Å². The molecule has 0 radical (unpaired) electrons. The van der Waals surface area contributed by atoms with Crippen LogP contribution in [0.3, 0.4) is 0 Å². The lowest BCUT2D eigenvalue weighted by molar-refractivity contribution is -0.180. The molecule has 0 fully saturated rings. The minimum atomic E-state index is -3.11. The van der Waals surface area contributed by atoms with Crippen molar-refractivity contribution in [1.29, 1.82) is 0 Å². The third-order valence-corrected chi connectivity index (χ3v) is 7.11. The lowest BCUT2D eigenvalue weighted by Gasteiger charge is -2.55. The average molecular weight is 476 g/mol. The molecule has 0 aliphatic heterocycles. The first-order valence-corrected chi connectivity index (χ1v) is 10.2. The Morgan fingerprint density at radius 1 is 1.15 bits per heavy atom. The monoisotopic (exact) mass is 476 g/mol. The third-order valence-electron chi connectivity index (χ3n) is 7.11. The van der Waals surface area contributed by atoms with Crippen LogP contribution in [0.4, 0.5) is 0 Å². The zero-order valence-electron chi connectivity index (χ0n) is 18.1. The fraction of sp³-hybridized carbons (Fsp3) is 0.409. The average Bonchev–Trinajstić information content (AvgIpc) is 2.76. The molecule has 1 amide bonds. The highest BCUT2D eigenvalue weighted by Crippen LogP contribution is 2.56. The van der Waals surface area contributed by atoms with E-state index >= 15 is 0 Å². The van der Waals surface area contributed by atoms with E-state index in [4.69, 9.17) is 5.73 Å². The van der Waals surface area contributed by atoms with Crippen molar-refractivity contribution in [3.8, 4) is 5.75 Å². The van der Waals surface area contributed by atoms with E-state index in [1.165, 1.54) is 31.1 Å². The number of fused-ring (bicyclic) bond motifs is 3. The highest BCUT2D eigenvalue weighted by molar-refractivity contribution is 6.25. The number of aliphatic hydroxyl groups is 6. The zero-order chi connectivity index (χ0) is 25.5. The Hall–Kier alpha value is -3.29. The molecular weight excluding hydrogens is 452 g/mol. The topological polar surface area (TPSA) is 222 Å². The number of nitrogens with zero attached hydrogens (tertiary/aromatic N) is 1. The molecule has 12 heteroatoms. The van der Waals surface area contributed by atoms with Gasteiger partial charge in [-0.15, -0.1) is 0 Å². The molecule has 34 heavy (non-hydrogen) atoms. The lowest BCUT2D eigenvalue weighted by atomic mass is 9.54. The van der Waals surface area contributed by atoms with Crippen LogP contribution in [0.15, 0.2) is 40.9 Å². The smallest absolute Gasteiger partial charge is 0.255 e. The van der Waals surface area contributed by atoms with Crippen LogP contribution in [0.25, 0.3) is 0 Å². The molecule has 4 rings (SSSR count). The maximum absolute atomic E-state index is 13.4. The summed E-state index contributed by atoms with van der Waals surface area (Å²) >= 11 is 0. The number of amides is 1. The van der Waals surface area contributed by atoms with Crippen LogP contribution in [0, 0.1) is 11.8 Å². The number of Topliss-reactive ketones (excluding diaryl/α,β-unsaturated/α-hetero) is 2. The van der Waals surface area contributed by atoms with Gasteiger partial charge in [0.25, 0.3) is 5.91 Å². The number of aliphatic hydroxyl groups excluding tert-OH is 4. The van der Waals surface area contributed by atoms with Crippen LogP contribution in [0.1, 0.15) is 15.9 Å². The van der Waals surface area contributed by atoms with Gasteiger partial charge in [0.1, 0.15) is 28.4 Å². The predicted octanol–water partition coefficient (Wildman–Crippen LogP) is -2.27. The number of ketones is 2. The fourth-order valence-corrected chi connectivity index (χ4v) is 5.63. The van der Waals surface area contributed by atoms with Crippen molar-refractivity contribution in [3.05, 3.63) is 52.0 Å². The van der Waals surface area contributed by atoms with Crippen LogP contribution >= 0.6 is 0 Å². The van der Waals surface area contributed by atoms with E-state index in [9.17, 15) is 50.1 Å². The van der Waals surface area contributed by atoms with E-state index in [-0.39, 0.29) is 5.56 Å². The molecule has 1 aromatic rings. The van der Waals surface area contributed by atoms with Crippen LogP contribution in [0.2, 0.25) is 0 Å². The van der Waals surface area contributed by atoms with Gasteiger partial charge in [-0.1, -0.05) is 12.1 Å². The second-order valence-corrected chi connectivity index (χ2v) is 9.00. The molecule has 6 atom stereocenters. The Kier molecular flexibility index (Phi) is 5.16. The van der Waals surface area contributed by atoms with Crippen molar-refractivity contribution in [3.63, 3.8) is 0 Å². The van der Waals surface area contributed by atoms with Gasteiger partial charge in [0, 0.05) is 5.56 Å². The first-order valence-electron chi connectivity index (χ1n) is 10.2. The van der Waals surface area contributed by atoms with Gasteiger partial charge in [-0.2, -0.15) is 0 Å². The minimum Gasteiger partial charge on any atom is -0.510 e. The summed E-state index contributed by atoms with van der Waals surface area (Å²) in [5.74, 6) is -10.5. The summed E-state index contributed by atoms with van der Waals surface area (Å²) in [6.07, 6.45) is -2.03. The van der Waals surface area contributed by atoms with Crippen molar-refractivity contribution in [2.24, 2.45) is 17.6 Å². The normalized spacial score (nSPS) is 35.3. The number of phenols is 1. The number of phenolic OH excluding ortho intramolecular Hbond substituents is 1. The van der Waals surface area contributed by atoms with Gasteiger partial charge in [0.2, 0.25) is 5.78 Å². The molecule has 0 spiro atoms. The number of primary amides is 1. The van der Waals surface area contributed by atoms with Gasteiger partial charge in [-0.25, -0.2) is 0 Å². The molecule has 3 aliphatic rings. The number of hydrogen-bond acceptors (Lipinski definition) is 11. The number of nitrogens with two attached hydrogens (primary N) is 1. The summed E-state index contributed by atoms with van der Waals surface area (Å²) < 4.78 is 0. The molecule has 9 N–H and O–H groups in total. The van der Waals surface area contributed by atoms with Crippen molar-refractivity contribution < 1.29 is 50.1 Å². The highest BCUT2D eigenvalue weighted by Gasteiger charge is 2.69. The Labute approximate surface area is 192 Å². The first kappa shape index (κ1) is 23.9. The van der Waals surface area contributed by atoms with Gasteiger partial charge in [0.15, 0.2) is 11.4 Å². The molecule has 0 aromatic heterocycles. The summed E-state index contributed by atoms with van der Waals surface area (Å²) in [4.78, 5) is 39.8. The van der Waals surface area contributed by atoms with Crippen molar-refractivity contribution >= 4 is 17.5 Å². The second-order valence-electron chi connectivity index (χ2n) is 9.00. The van der Waals surface area contributed by atoms with E-state index < -0.39 is 93.2 Å². The Balaban J connectivity index is 2.12. The lowest BCUT2D eigenvalue weighted by Crippen LogP contribution is -2.70. The summed E-state index contributed by atoms with van der Waals surface area (Å²) in [6.45, 7) is -1.09. The molecule has 1 aromatic carbocycles. The Morgan fingerprint density at radius 3 is 2.29 bits per heavy atom. The molecule has 12 nitrogen and oxygen atoms in total. The van der Waals surface area contributed by atoms with E-state index in [0.717, 1.165) is 6.07 Å². The SMILES string of the molecule is CN(C)[C@H]1C(O)=C(C(N)=O)C(=O)[C@]2(O)C(O)=C3C(=O)c4c(O)cccc4C(O)(CO)[C@@H]3[C@@H](O)[C@H]12. The molecule has 3 aliphatic carbocycles. The first-order chi connectivity index (χ1) is 15.8. The number of aromatic hydroxyl groups is 1. The molecule has 0 heterocycles. The Bertz CT molecular complexity index is 1200. The fourth-order valence-electron chi connectivity index (χ4n) is 5.63. The van der Waals surface area contributed by atoms with E-state index in [1.807, 2.05) is 0 Å². The second kappa shape index (κ2) is 7.35. The van der Waals surface area contributed by atoms with Crippen LogP contribution in [-0.4, -0.2) is 96.6 Å². The van der Waals surface area contributed by atoms with E-state index in [0.29, 0.717) is 0 Å². The molecule has 182 valence electrons. The minimum absolute atomic E-state index is 0.243. The standard InChI is InChI=1S/C22H24N2O10/c1-24(2)14-13-17(29)12-10(18(30)22(13,34)19(31)11(16(14)28)20(23)32)15(27)9-7(21(12,33)6-25)4-3-5-8(9)26/h3-5,12-14,17,25-26,28-30,33-34H,6H2,1-2H3,(H2,23,32)/t12-,13-,14+,17+,21?,22+/m0/s1. The van der Waals surface area contributed by atoms with Gasteiger partial charge >= 0.3 is 0 Å². The summed E-state index contributed by atoms with van der Waals surface area (Å²) in [5.41, 5.74) is -2.92. The van der Waals surface area contributed by atoms with Crippen LogP contribution < -0.4 is 5.73 Å². The summed E-state index contributed by atoms with van der Waals surface area (Å²) in [6, 6.07) is 2.17.